The molecule has 0 bridgehead atoms. The third kappa shape index (κ3) is 2.45. The quantitative estimate of drug-likeness (QED) is 0.818. The van der Waals surface area contributed by atoms with Crippen molar-refractivity contribution in [3.63, 3.8) is 0 Å². The van der Waals surface area contributed by atoms with Crippen LogP contribution in [-0.2, 0) is 0 Å². The lowest BCUT2D eigenvalue weighted by Gasteiger charge is -2.13. The van der Waals surface area contributed by atoms with Gasteiger partial charge in [0.2, 0.25) is 0 Å². The van der Waals surface area contributed by atoms with E-state index in [-0.39, 0.29) is 18.0 Å². The van der Waals surface area contributed by atoms with Crippen LogP contribution in [0.3, 0.4) is 0 Å². The van der Waals surface area contributed by atoms with E-state index in [0.717, 1.165) is 12.1 Å². The molecule has 0 aromatic heterocycles. The number of halogens is 2. The lowest BCUT2D eigenvalue weighted by atomic mass is 10.3. The molecule has 1 aliphatic rings. The van der Waals surface area contributed by atoms with Crippen molar-refractivity contribution in [2.75, 3.05) is 0 Å². The lowest BCUT2D eigenvalue weighted by Crippen LogP contribution is -2.14. The molecule has 1 N–H and O–H groups in total. The summed E-state index contributed by atoms with van der Waals surface area (Å²) in [6.07, 6.45) is 1.36. The van der Waals surface area contributed by atoms with Crippen LogP contribution in [0.2, 0.25) is 0 Å². The number of aliphatic hydroxyl groups excluding tert-OH is 1. The summed E-state index contributed by atoms with van der Waals surface area (Å²) in [7, 11) is 0. The van der Waals surface area contributed by atoms with E-state index in [4.69, 9.17) is 4.74 Å². The first-order valence-electron chi connectivity index (χ1n) is 4.95. The van der Waals surface area contributed by atoms with Crippen molar-refractivity contribution in [3.8, 4) is 5.75 Å². The fraction of sp³-hybridized carbons (Fsp3) is 0.455. The van der Waals surface area contributed by atoms with Crippen LogP contribution in [0.1, 0.15) is 19.3 Å². The van der Waals surface area contributed by atoms with Gasteiger partial charge in [-0.05, 0) is 25.0 Å². The van der Waals surface area contributed by atoms with Gasteiger partial charge in [-0.3, -0.25) is 0 Å². The van der Waals surface area contributed by atoms with Gasteiger partial charge in [-0.25, -0.2) is 8.78 Å². The number of hydrogen-bond donors (Lipinski definition) is 1. The van der Waals surface area contributed by atoms with E-state index >= 15 is 0 Å². The van der Waals surface area contributed by atoms with Gasteiger partial charge in [-0.1, -0.05) is 0 Å². The summed E-state index contributed by atoms with van der Waals surface area (Å²) >= 11 is 0. The molecule has 0 amide bonds. The molecule has 1 fully saturated rings. The van der Waals surface area contributed by atoms with Crippen LogP contribution in [0.25, 0.3) is 0 Å². The van der Waals surface area contributed by atoms with E-state index < -0.39 is 11.6 Å². The van der Waals surface area contributed by atoms with Gasteiger partial charge in [-0.15, -0.1) is 0 Å². The number of aliphatic hydroxyl groups is 1. The Hall–Kier alpha value is -1.16. The smallest absolute Gasteiger partial charge is 0.167 e. The summed E-state index contributed by atoms with van der Waals surface area (Å²) in [6.45, 7) is 0. The predicted octanol–water partition coefficient (Wildman–Crippen LogP) is 2.26. The van der Waals surface area contributed by atoms with E-state index in [1.54, 1.807) is 0 Å². The fourth-order valence-corrected chi connectivity index (χ4v) is 1.77. The van der Waals surface area contributed by atoms with Crippen LogP contribution >= 0.6 is 0 Å². The molecule has 1 saturated carbocycles. The molecule has 0 radical (unpaired) electrons. The SMILES string of the molecule is OC1CCC(Oc2ccc(F)cc2F)C1. The van der Waals surface area contributed by atoms with Gasteiger partial charge in [0.05, 0.1) is 6.10 Å². The zero-order valence-corrected chi connectivity index (χ0v) is 8.12. The fourth-order valence-electron chi connectivity index (χ4n) is 1.77. The summed E-state index contributed by atoms with van der Waals surface area (Å²) in [5, 5.41) is 9.26. The third-order valence-corrected chi connectivity index (χ3v) is 2.54. The van der Waals surface area contributed by atoms with Crippen molar-refractivity contribution >= 4 is 0 Å². The highest BCUT2D eigenvalue weighted by Gasteiger charge is 2.25. The molecule has 1 aromatic rings. The number of benzene rings is 1. The molecule has 4 heteroatoms. The molecule has 1 aromatic carbocycles. The molecule has 2 unspecified atom stereocenters. The Kier molecular flexibility index (Phi) is 2.86. The van der Waals surface area contributed by atoms with Gasteiger partial charge in [0.25, 0.3) is 0 Å². The van der Waals surface area contributed by atoms with Crippen LogP contribution in [0, 0.1) is 11.6 Å². The minimum Gasteiger partial charge on any atom is -0.487 e. The second kappa shape index (κ2) is 4.14. The Morgan fingerprint density at radius 3 is 2.67 bits per heavy atom. The van der Waals surface area contributed by atoms with Crippen LogP contribution in [0.15, 0.2) is 18.2 Å². The van der Waals surface area contributed by atoms with Crippen LogP contribution in [0.5, 0.6) is 5.75 Å². The largest absolute Gasteiger partial charge is 0.487 e. The Balaban J connectivity index is 2.04. The van der Waals surface area contributed by atoms with Crippen LogP contribution < -0.4 is 4.74 Å². The zero-order chi connectivity index (χ0) is 10.8. The molecule has 0 heterocycles. The summed E-state index contributed by atoms with van der Waals surface area (Å²) < 4.78 is 31.1. The average molecular weight is 214 g/mol. The number of rotatable bonds is 2. The molecule has 1 aliphatic carbocycles. The second-order valence-electron chi connectivity index (χ2n) is 3.78. The Morgan fingerprint density at radius 1 is 1.27 bits per heavy atom. The highest BCUT2D eigenvalue weighted by molar-refractivity contribution is 5.25. The topological polar surface area (TPSA) is 29.5 Å². The lowest BCUT2D eigenvalue weighted by molar-refractivity contribution is 0.146. The Bertz CT molecular complexity index is 354. The van der Waals surface area contributed by atoms with E-state index in [9.17, 15) is 13.9 Å². The Labute approximate surface area is 86.5 Å². The van der Waals surface area contributed by atoms with Crippen molar-refractivity contribution < 1.29 is 18.6 Å². The molecule has 15 heavy (non-hydrogen) atoms. The molecule has 0 saturated heterocycles. The summed E-state index contributed by atoms with van der Waals surface area (Å²) in [6, 6.07) is 3.22. The maximum absolute atomic E-state index is 13.2. The van der Waals surface area contributed by atoms with Gasteiger partial charge >= 0.3 is 0 Å². The van der Waals surface area contributed by atoms with Gasteiger partial charge < -0.3 is 9.84 Å². The van der Waals surface area contributed by atoms with Crippen molar-refractivity contribution in [2.24, 2.45) is 0 Å². The first kappa shape index (κ1) is 10.4. The molecular formula is C11H12F2O2. The normalized spacial score (nSPS) is 25.5. The summed E-state index contributed by atoms with van der Waals surface area (Å²) in [5.74, 6) is -1.27. The van der Waals surface area contributed by atoms with Gasteiger partial charge in [0, 0.05) is 12.5 Å². The minimum absolute atomic E-state index is 0.0514. The monoisotopic (exact) mass is 214 g/mol. The third-order valence-electron chi connectivity index (χ3n) is 2.54. The summed E-state index contributed by atoms with van der Waals surface area (Å²) in [4.78, 5) is 0. The van der Waals surface area contributed by atoms with Crippen molar-refractivity contribution in [1.82, 2.24) is 0 Å². The summed E-state index contributed by atoms with van der Waals surface area (Å²) in [5.41, 5.74) is 0. The van der Waals surface area contributed by atoms with Crippen LogP contribution in [0.4, 0.5) is 8.78 Å². The predicted molar refractivity (Wildman–Crippen MR) is 50.6 cm³/mol. The number of hydrogen-bond acceptors (Lipinski definition) is 2. The highest BCUT2D eigenvalue weighted by atomic mass is 19.1. The van der Waals surface area contributed by atoms with E-state index in [1.165, 1.54) is 6.07 Å². The second-order valence-corrected chi connectivity index (χ2v) is 3.78. The Morgan fingerprint density at radius 2 is 2.07 bits per heavy atom. The van der Waals surface area contributed by atoms with Gasteiger partial charge in [0.1, 0.15) is 11.9 Å². The number of ether oxygens (including phenoxy) is 1. The molecule has 2 atom stereocenters. The van der Waals surface area contributed by atoms with Crippen molar-refractivity contribution in [3.05, 3.63) is 29.8 Å². The van der Waals surface area contributed by atoms with E-state index in [1.807, 2.05) is 0 Å². The van der Waals surface area contributed by atoms with Gasteiger partial charge in [0.15, 0.2) is 11.6 Å². The van der Waals surface area contributed by atoms with Gasteiger partial charge in [-0.2, -0.15) is 0 Å². The average Bonchev–Trinajstić information content (AvgIpc) is 2.56. The minimum atomic E-state index is -0.698. The van der Waals surface area contributed by atoms with Crippen molar-refractivity contribution in [1.29, 1.82) is 0 Å². The molecule has 2 rings (SSSR count). The molecule has 0 spiro atoms. The molecule has 2 nitrogen and oxygen atoms in total. The first-order valence-corrected chi connectivity index (χ1v) is 4.95. The highest BCUT2D eigenvalue weighted by Crippen LogP contribution is 2.26. The van der Waals surface area contributed by atoms with E-state index in [0.29, 0.717) is 19.3 Å². The van der Waals surface area contributed by atoms with Crippen LogP contribution in [-0.4, -0.2) is 17.3 Å². The maximum Gasteiger partial charge on any atom is 0.167 e. The molecule has 82 valence electrons. The van der Waals surface area contributed by atoms with Crippen molar-refractivity contribution in [2.45, 2.75) is 31.5 Å². The zero-order valence-electron chi connectivity index (χ0n) is 8.12. The standard InChI is InChI=1S/C11H12F2O2/c12-7-1-4-11(10(13)5-7)15-9-3-2-8(14)6-9/h1,4-5,8-9,14H,2-3,6H2. The first-order chi connectivity index (χ1) is 7.15. The molecule has 0 aliphatic heterocycles. The molecular weight excluding hydrogens is 202 g/mol. The van der Waals surface area contributed by atoms with E-state index in [2.05, 4.69) is 0 Å². The maximum atomic E-state index is 13.2.